The lowest BCUT2D eigenvalue weighted by Gasteiger charge is -2.17. The molecule has 2 heterocycles. The van der Waals surface area contributed by atoms with Gasteiger partial charge in [-0.3, -0.25) is 4.98 Å². The zero-order valence-corrected chi connectivity index (χ0v) is 22.7. The first kappa shape index (κ1) is 23.5. The Kier molecular flexibility index (Phi) is 5.39. The molecule has 0 N–H and O–H groups in total. The molecule has 0 radical (unpaired) electrons. The van der Waals surface area contributed by atoms with Crippen LogP contribution in [0.25, 0.3) is 76.9 Å². The molecular formula is C39H26N2. The van der Waals surface area contributed by atoms with Gasteiger partial charge in [0, 0.05) is 22.5 Å². The Bertz CT molecular complexity index is 2190. The topological polar surface area (TPSA) is 25.8 Å². The Labute approximate surface area is 238 Å². The molecule has 2 nitrogen and oxygen atoms in total. The van der Waals surface area contributed by atoms with E-state index in [1.54, 1.807) is 0 Å². The van der Waals surface area contributed by atoms with Gasteiger partial charge in [-0.2, -0.15) is 0 Å². The maximum absolute atomic E-state index is 5.46. The van der Waals surface area contributed by atoms with Gasteiger partial charge in [-0.05, 0) is 68.4 Å². The van der Waals surface area contributed by atoms with Crippen molar-refractivity contribution in [3.8, 4) is 33.5 Å². The van der Waals surface area contributed by atoms with Crippen LogP contribution in [0, 0.1) is 6.92 Å². The van der Waals surface area contributed by atoms with Crippen molar-refractivity contribution in [1.29, 1.82) is 0 Å². The maximum atomic E-state index is 5.46. The van der Waals surface area contributed by atoms with Gasteiger partial charge in [0.1, 0.15) is 0 Å². The average Bonchev–Trinajstić information content (AvgIpc) is 3.05. The van der Waals surface area contributed by atoms with E-state index in [0.717, 1.165) is 44.2 Å². The molecule has 0 saturated heterocycles. The van der Waals surface area contributed by atoms with Crippen molar-refractivity contribution in [3.05, 3.63) is 145 Å². The molecule has 0 aliphatic carbocycles. The highest BCUT2D eigenvalue weighted by atomic mass is 14.8. The lowest BCUT2D eigenvalue weighted by Crippen LogP contribution is -1.96. The van der Waals surface area contributed by atoms with E-state index in [9.17, 15) is 0 Å². The number of pyridine rings is 2. The summed E-state index contributed by atoms with van der Waals surface area (Å²) in [4.78, 5) is 10.4. The fourth-order valence-corrected chi connectivity index (χ4v) is 6.38. The van der Waals surface area contributed by atoms with Crippen molar-refractivity contribution in [2.45, 2.75) is 6.92 Å². The number of hydrogen-bond donors (Lipinski definition) is 0. The van der Waals surface area contributed by atoms with Gasteiger partial charge in [0.05, 0.1) is 16.7 Å². The number of aryl methyl sites for hydroxylation is 1. The Morgan fingerprint density at radius 2 is 0.951 bits per heavy atom. The zero-order valence-electron chi connectivity index (χ0n) is 22.7. The molecule has 192 valence electrons. The molecule has 0 unspecified atom stereocenters. The molecule has 2 aromatic heterocycles. The first-order chi connectivity index (χ1) is 20.3. The molecular weight excluding hydrogens is 496 g/mol. The Balaban J connectivity index is 1.54. The first-order valence-corrected chi connectivity index (χ1v) is 14.0. The molecule has 0 aliphatic heterocycles. The van der Waals surface area contributed by atoms with E-state index in [-0.39, 0.29) is 0 Å². The molecule has 41 heavy (non-hydrogen) atoms. The number of hydrogen-bond acceptors (Lipinski definition) is 2. The van der Waals surface area contributed by atoms with Crippen LogP contribution in [-0.4, -0.2) is 9.97 Å². The summed E-state index contributed by atoms with van der Waals surface area (Å²) in [6, 6.07) is 47.4. The monoisotopic (exact) mass is 522 g/mol. The number of rotatable bonds is 3. The predicted molar refractivity (Wildman–Crippen MR) is 173 cm³/mol. The molecule has 0 saturated carbocycles. The molecule has 8 aromatic rings. The van der Waals surface area contributed by atoms with Crippen molar-refractivity contribution in [2.24, 2.45) is 0 Å². The van der Waals surface area contributed by atoms with E-state index < -0.39 is 0 Å². The summed E-state index contributed by atoms with van der Waals surface area (Å²) in [5.41, 5.74) is 9.93. The van der Waals surface area contributed by atoms with E-state index in [0.29, 0.717) is 0 Å². The minimum absolute atomic E-state index is 0.920. The van der Waals surface area contributed by atoms with E-state index in [2.05, 4.69) is 140 Å². The minimum atomic E-state index is 0.920. The van der Waals surface area contributed by atoms with Crippen LogP contribution in [0.3, 0.4) is 0 Å². The van der Waals surface area contributed by atoms with Gasteiger partial charge >= 0.3 is 0 Å². The van der Waals surface area contributed by atoms with Crippen LogP contribution in [0.4, 0.5) is 0 Å². The molecule has 0 spiro atoms. The van der Waals surface area contributed by atoms with Crippen LogP contribution < -0.4 is 0 Å². The van der Waals surface area contributed by atoms with Crippen molar-refractivity contribution in [3.63, 3.8) is 0 Å². The second kappa shape index (κ2) is 9.39. The standard InChI is InChI=1S/C39H26N2/c1-25-28-16-8-10-18-31(28)37(32-19-11-9-17-29(25)32)36-24-35(27-14-6-3-7-15-27)34-21-20-33-30(26-12-4-2-5-13-26)22-23-40-38(33)39(34)41-36/h2-24H,1H3. The molecule has 8 rings (SSSR count). The van der Waals surface area contributed by atoms with E-state index >= 15 is 0 Å². The van der Waals surface area contributed by atoms with Gasteiger partial charge in [0.25, 0.3) is 0 Å². The highest BCUT2D eigenvalue weighted by molar-refractivity contribution is 6.17. The summed E-state index contributed by atoms with van der Waals surface area (Å²) in [5.74, 6) is 0. The number of fused-ring (bicyclic) bond motifs is 5. The van der Waals surface area contributed by atoms with Gasteiger partial charge in [0.15, 0.2) is 0 Å². The lowest BCUT2D eigenvalue weighted by molar-refractivity contribution is 1.37. The fourth-order valence-electron chi connectivity index (χ4n) is 6.38. The summed E-state index contributed by atoms with van der Waals surface area (Å²) in [7, 11) is 0. The van der Waals surface area contributed by atoms with Crippen LogP contribution in [0.15, 0.2) is 140 Å². The molecule has 0 fully saturated rings. The summed E-state index contributed by atoms with van der Waals surface area (Å²) >= 11 is 0. The Morgan fingerprint density at radius 1 is 0.439 bits per heavy atom. The van der Waals surface area contributed by atoms with Crippen LogP contribution >= 0.6 is 0 Å². The smallest absolute Gasteiger partial charge is 0.0978 e. The van der Waals surface area contributed by atoms with E-state index in [1.807, 2.05) is 6.20 Å². The Morgan fingerprint density at radius 3 is 1.56 bits per heavy atom. The van der Waals surface area contributed by atoms with Crippen molar-refractivity contribution in [2.75, 3.05) is 0 Å². The SMILES string of the molecule is Cc1c2ccccc2c(-c2cc(-c3ccccc3)c3ccc4c(-c5ccccc5)ccnc4c3n2)c2ccccc12. The number of benzene rings is 6. The number of nitrogens with zero attached hydrogens (tertiary/aromatic N) is 2. The largest absolute Gasteiger partial charge is 0.254 e. The van der Waals surface area contributed by atoms with Gasteiger partial charge in [0.2, 0.25) is 0 Å². The molecule has 2 heteroatoms. The van der Waals surface area contributed by atoms with Gasteiger partial charge < -0.3 is 0 Å². The highest BCUT2D eigenvalue weighted by Crippen LogP contribution is 2.42. The minimum Gasteiger partial charge on any atom is -0.254 e. The van der Waals surface area contributed by atoms with E-state index in [1.165, 1.54) is 38.2 Å². The van der Waals surface area contributed by atoms with Crippen molar-refractivity contribution in [1.82, 2.24) is 9.97 Å². The normalized spacial score (nSPS) is 11.5. The molecule has 0 atom stereocenters. The molecule has 0 aliphatic rings. The third kappa shape index (κ3) is 3.72. The van der Waals surface area contributed by atoms with Crippen LogP contribution in [0.2, 0.25) is 0 Å². The molecule has 6 aromatic carbocycles. The summed E-state index contributed by atoms with van der Waals surface area (Å²) in [6.45, 7) is 2.22. The summed E-state index contributed by atoms with van der Waals surface area (Å²) in [6.07, 6.45) is 1.91. The second-order valence-electron chi connectivity index (χ2n) is 10.6. The highest BCUT2D eigenvalue weighted by Gasteiger charge is 2.18. The van der Waals surface area contributed by atoms with Gasteiger partial charge in [-0.25, -0.2) is 4.98 Å². The first-order valence-electron chi connectivity index (χ1n) is 14.0. The van der Waals surface area contributed by atoms with Crippen molar-refractivity contribution < 1.29 is 0 Å². The predicted octanol–water partition coefficient (Wildman–Crippen LogP) is 10.4. The zero-order chi connectivity index (χ0) is 27.3. The third-order valence-corrected chi connectivity index (χ3v) is 8.32. The number of aromatic nitrogens is 2. The quantitative estimate of drug-likeness (QED) is 0.170. The van der Waals surface area contributed by atoms with Crippen LogP contribution in [0.1, 0.15) is 5.56 Å². The van der Waals surface area contributed by atoms with Gasteiger partial charge in [-0.15, -0.1) is 0 Å². The summed E-state index contributed by atoms with van der Waals surface area (Å²) < 4.78 is 0. The van der Waals surface area contributed by atoms with Crippen LogP contribution in [-0.2, 0) is 0 Å². The average molecular weight is 523 g/mol. The third-order valence-electron chi connectivity index (χ3n) is 8.32. The second-order valence-corrected chi connectivity index (χ2v) is 10.6. The Hall–Kier alpha value is -5.34. The molecule has 0 amide bonds. The van der Waals surface area contributed by atoms with E-state index in [4.69, 9.17) is 9.97 Å². The fraction of sp³-hybridized carbons (Fsp3) is 0.0256. The van der Waals surface area contributed by atoms with Crippen molar-refractivity contribution >= 4 is 43.4 Å². The lowest BCUT2D eigenvalue weighted by atomic mass is 9.89. The van der Waals surface area contributed by atoms with Gasteiger partial charge in [-0.1, -0.05) is 121 Å². The van der Waals surface area contributed by atoms with Crippen LogP contribution in [0.5, 0.6) is 0 Å². The summed E-state index contributed by atoms with van der Waals surface area (Å²) in [5, 5.41) is 7.15. The maximum Gasteiger partial charge on any atom is 0.0978 e. The molecule has 0 bridgehead atoms.